The van der Waals surface area contributed by atoms with Gasteiger partial charge in [0.2, 0.25) is 5.76 Å². The van der Waals surface area contributed by atoms with Gasteiger partial charge in [-0.15, -0.1) is 11.3 Å². The van der Waals surface area contributed by atoms with Crippen molar-refractivity contribution in [1.29, 1.82) is 0 Å². The summed E-state index contributed by atoms with van der Waals surface area (Å²) in [6.45, 7) is -0.0823. The molecule has 1 fully saturated rings. The predicted octanol–water partition coefficient (Wildman–Crippen LogP) is 3.91. The minimum Gasteiger partial charge on any atom is -0.479 e. The molecule has 0 spiro atoms. The van der Waals surface area contributed by atoms with Crippen LogP contribution in [0.2, 0.25) is 0 Å². The van der Waals surface area contributed by atoms with Crippen LogP contribution in [0.1, 0.15) is 29.2 Å². The number of halogens is 3. The van der Waals surface area contributed by atoms with Gasteiger partial charge in [0, 0.05) is 18.6 Å². The van der Waals surface area contributed by atoms with Crippen LogP contribution in [0.4, 0.5) is 18.2 Å². The molecule has 3 aromatic rings. The summed E-state index contributed by atoms with van der Waals surface area (Å²) < 4.78 is 65.9. The van der Waals surface area contributed by atoms with Crippen LogP contribution >= 0.6 is 11.3 Å². The van der Waals surface area contributed by atoms with Gasteiger partial charge in [0.25, 0.3) is 11.3 Å². The van der Waals surface area contributed by atoms with E-state index in [4.69, 9.17) is 5.11 Å². The number of anilines is 1. The van der Waals surface area contributed by atoms with Crippen molar-refractivity contribution >= 4 is 33.6 Å². The highest BCUT2D eigenvalue weighted by molar-refractivity contribution is 7.81. The third kappa shape index (κ3) is 4.28. The number of hydrogen-bond donors (Lipinski definition) is 3. The van der Waals surface area contributed by atoms with E-state index >= 15 is 0 Å². The van der Waals surface area contributed by atoms with Crippen LogP contribution in [0.15, 0.2) is 47.0 Å². The normalized spacial score (nSPS) is 21.1. The molecular weight excluding hydrogens is 485 g/mol. The van der Waals surface area contributed by atoms with E-state index in [1.807, 2.05) is 0 Å². The van der Waals surface area contributed by atoms with Crippen molar-refractivity contribution in [2.24, 2.45) is 0 Å². The minimum atomic E-state index is -4.72. The van der Waals surface area contributed by atoms with Gasteiger partial charge in [-0.3, -0.25) is 4.55 Å². The lowest BCUT2D eigenvalue weighted by molar-refractivity contribution is -0.155. The Kier molecular flexibility index (Phi) is 6.07. The van der Waals surface area contributed by atoms with E-state index in [0.29, 0.717) is 18.1 Å². The highest BCUT2D eigenvalue weighted by Crippen LogP contribution is 2.58. The molecule has 3 unspecified atom stereocenters. The molecule has 3 N–H and O–H groups in total. The van der Waals surface area contributed by atoms with Gasteiger partial charge in [0.05, 0.1) is 4.88 Å². The smallest absolute Gasteiger partial charge is 0.452 e. The molecule has 1 saturated carbocycles. The zero-order valence-corrected chi connectivity index (χ0v) is 18.3. The van der Waals surface area contributed by atoms with Crippen LogP contribution in [0, 0.1) is 0 Å². The number of rotatable bonds is 8. The summed E-state index contributed by atoms with van der Waals surface area (Å²) in [4.78, 5) is 12.5. The maximum Gasteiger partial charge on any atom is 0.452 e. The average molecular weight is 502 g/mol. The van der Waals surface area contributed by atoms with Crippen LogP contribution in [0.25, 0.3) is 10.6 Å². The first-order chi connectivity index (χ1) is 15.6. The number of thiophene rings is 1. The van der Waals surface area contributed by atoms with Crippen LogP contribution in [0.5, 0.6) is 0 Å². The van der Waals surface area contributed by atoms with Crippen molar-refractivity contribution in [3.63, 3.8) is 0 Å². The second-order valence-electron chi connectivity index (χ2n) is 7.44. The van der Waals surface area contributed by atoms with Crippen molar-refractivity contribution in [3.8, 4) is 10.6 Å². The number of alkyl halides is 3. The van der Waals surface area contributed by atoms with Gasteiger partial charge >= 0.3 is 12.1 Å². The van der Waals surface area contributed by atoms with E-state index in [1.165, 1.54) is 12.1 Å². The maximum absolute atomic E-state index is 12.8. The largest absolute Gasteiger partial charge is 0.479 e. The van der Waals surface area contributed by atoms with Crippen LogP contribution in [-0.4, -0.2) is 42.2 Å². The van der Waals surface area contributed by atoms with E-state index in [-0.39, 0.29) is 28.6 Å². The van der Waals surface area contributed by atoms with Gasteiger partial charge in [-0.25, -0.2) is 13.3 Å². The molecule has 0 amide bonds. The number of hydrogen-bond acceptors (Lipinski definition) is 6. The summed E-state index contributed by atoms with van der Waals surface area (Å²) in [7, 11) is 0. The van der Waals surface area contributed by atoms with E-state index in [1.54, 1.807) is 24.3 Å². The van der Waals surface area contributed by atoms with Crippen molar-refractivity contribution in [1.82, 2.24) is 5.16 Å². The Balaban J connectivity index is 1.68. The summed E-state index contributed by atoms with van der Waals surface area (Å²) in [5.74, 6) is -3.21. The second kappa shape index (κ2) is 8.56. The number of carboxylic acid groups (broad SMARTS) is 1. The molecule has 3 atom stereocenters. The van der Waals surface area contributed by atoms with Crippen molar-refractivity contribution in [2.45, 2.75) is 30.5 Å². The lowest BCUT2D eigenvalue weighted by Crippen LogP contribution is -2.45. The Morgan fingerprint density at radius 2 is 2.06 bits per heavy atom. The first-order valence-corrected chi connectivity index (χ1v) is 11.4. The van der Waals surface area contributed by atoms with Crippen LogP contribution in [-0.2, 0) is 28.7 Å². The first kappa shape index (κ1) is 23.4. The number of aromatic nitrogens is 1. The molecule has 0 aliphatic heterocycles. The van der Waals surface area contributed by atoms with E-state index in [2.05, 4.69) is 9.68 Å². The molecule has 0 saturated heterocycles. The van der Waals surface area contributed by atoms with Gasteiger partial charge in [0.15, 0.2) is 5.54 Å². The molecule has 1 aliphatic rings. The minimum absolute atomic E-state index is 0.0482. The summed E-state index contributed by atoms with van der Waals surface area (Å²) in [5.41, 5.74) is -0.416. The number of nitrogens with zero attached hydrogens (tertiary/aromatic N) is 2. The highest BCUT2D eigenvalue weighted by atomic mass is 32.2. The fourth-order valence-corrected chi connectivity index (χ4v) is 5.82. The van der Waals surface area contributed by atoms with Gasteiger partial charge < -0.3 is 14.7 Å². The van der Waals surface area contributed by atoms with Gasteiger partial charge in [-0.05, 0) is 36.1 Å². The zero-order valence-electron chi connectivity index (χ0n) is 16.7. The Morgan fingerprint density at radius 3 is 2.67 bits per heavy atom. The fourth-order valence-electron chi connectivity index (χ4n) is 3.80. The molecule has 1 aromatic carbocycles. The third-order valence-corrected chi connectivity index (χ3v) is 7.45. The molecule has 0 bridgehead atoms. The summed E-state index contributed by atoms with van der Waals surface area (Å²) in [6, 6.07) is 10.4. The number of aliphatic hydroxyl groups is 1. The molecule has 0 radical (unpaired) electrons. The SMILES string of the molecule is O=C(O)C1(N(c2ccc(-c3cc(C(F)(F)F)on3)s2)S(=O)O)CC1c1cccc(CCO)c1. The van der Waals surface area contributed by atoms with Gasteiger partial charge in [-0.1, -0.05) is 29.4 Å². The Morgan fingerprint density at radius 1 is 1.30 bits per heavy atom. The maximum atomic E-state index is 12.8. The molecule has 33 heavy (non-hydrogen) atoms. The molecule has 13 heteroatoms. The standard InChI is InChI=1S/C20H17F3N2O6S2/c21-20(22,23)16-9-14(24-31-16)15-4-5-17(32-15)25(33(29)30)19(18(27)28)10-13(19)12-3-1-2-11(8-12)6-7-26/h1-5,8-9,13,26H,6-7,10H2,(H,27,28)(H,29,30). The molecule has 4 rings (SSSR count). The highest BCUT2D eigenvalue weighted by Gasteiger charge is 2.67. The third-order valence-electron chi connectivity index (χ3n) is 5.41. The van der Waals surface area contributed by atoms with E-state index in [9.17, 15) is 31.8 Å². The predicted molar refractivity (Wildman–Crippen MR) is 113 cm³/mol. The number of aliphatic hydroxyl groups excluding tert-OH is 1. The lowest BCUT2D eigenvalue weighted by Gasteiger charge is -2.26. The van der Waals surface area contributed by atoms with E-state index in [0.717, 1.165) is 21.2 Å². The topological polar surface area (TPSA) is 124 Å². The van der Waals surface area contributed by atoms with Gasteiger partial charge in [-0.2, -0.15) is 13.2 Å². The number of carbonyl (C=O) groups is 1. The van der Waals surface area contributed by atoms with Crippen molar-refractivity contribution in [3.05, 3.63) is 59.4 Å². The quantitative estimate of drug-likeness (QED) is 0.399. The monoisotopic (exact) mass is 502 g/mol. The zero-order chi connectivity index (χ0) is 24.0. The van der Waals surface area contributed by atoms with Crippen LogP contribution < -0.4 is 4.31 Å². The number of carboxylic acids is 1. The molecular formula is C20H17F3N2O6S2. The van der Waals surface area contributed by atoms with Crippen molar-refractivity contribution < 1.29 is 41.5 Å². The van der Waals surface area contributed by atoms with E-state index < -0.39 is 40.6 Å². The lowest BCUT2D eigenvalue weighted by atomic mass is 10.0. The number of aliphatic carboxylic acids is 1. The average Bonchev–Trinajstić information content (AvgIpc) is 3.07. The summed E-state index contributed by atoms with van der Waals surface area (Å²) in [6.07, 6.45) is -4.29. The summed E-state index contributed by atoms with van der Waals surface area (Å²) in [5, 5.41) is 22.7. The second-order valence-corrected chi connectivity index (χ2v) is 9.33. The summed E-state index contributed by atoms with van der Waals surface area (Å²) >= 11 is -1.91. The molecule has 176 valence electrons. The molecule has 1 aliphatic carbocycles. The molecule has 2 aromatic heterocycles. The molecule has 8 nitrogen and oxygen atoms in total. The Bertz CT molecular complexity index is 1210. The number of benzene rings is 1. The first-order valence-electron chi connectivity index (χ1n) is 9.56. The van der Waals surface area contributed by atoms with Crippen molar-refractivity contribution in [2.75, 3.05) is 10.9 Å². The fraction of sp³-hybridized carbons (Fsp3) is 0.300. The van der Waals surface area contributed by atoms with Gasteiger partial charge in [0.1, 0.15) is 10.7 Å². The Labute approximate surface area is 191 Å². The molecule has 2 heterocycles. The van der Waals surface area contributed by atoms with Crippen LogP contribution in [0.3, 0.4) is 0 Å². The Hall–Kier alpha value is -2.74.